The summed E-state index contributed by atoms with van der Waals surface area (Å²) in [5, 5.41) is 2.87. The molecule has 1 N–H and O–H groups in total. The predicted octanol–water partition coefficient (Wildman–Crippen LogP) is 3.42. The highest BCUT2D eigenvalue weighted by molar-refractivity contribution is 7.88. The summed E-state index contributed by atoms with van der Waals surface area (Å²) >= 11 is 0. The monoisotopic (exact) mass is 512 g/mol. The number of carbonyl (C=O) groups is 1. The van der Waals surface area contributed by atoms with Crippen molar-refractivity contribution in [1.29, 1.82) is 0 Å². The Morgan fingerprint density at radius 3 is 2.51 bits per heavy atom. The van der Waals surface area contributed by atoms with Crippen LogP contribution >= 0.6 is 0 Å². The third-order valence-corrected chi connectivity index (χ3v) is 8.13. The third-order valence-electron chi connectivity index (χ3n) is 6.89. The SMILES string of the molecule is CC(C)[C@H]1c2ncc(C(=O)NCC3CN(S(C)(=O)=O)C3)cc2CN1CC1=CC=C(C(F)(F)F)CC1. The van der Waals surface area contributed by atoms with Gasteiger partial charge in [-0.3, -0.25) is 14.7 Å². The van der Waals surface area contributed by atoms with E-state index in [9.17, 15) is 26.4 Å². The standard InChI is InChI=1S/C24H31F3N4O3S/c1-15(2)22-21-19(14-30(22)11-16-4-6-20(7-5-16)24(25,26)27)8-18(10-28-21)23(32)29-9-17-12-31(13-17)35(3,33)34/h4,6,8,10,15,17,22H,5,7,9,11-14H2,1-3H3,(H,29,32)/t22-/m0/s1. The second-order valence-corrected chi connectivity index (χ2v) is 12.0. The zero-order valence-corrected chi connectivity index (χ0v) is 20.9. The van der Waals surface area contributed by atoms with Gasteiger partial charge in [0.2, 0.25) is 10.0 Å². The number of sulfonamides is 1. The Bertz CT molecular complexity index is 1160. The molecule has 1 aromatic rings. The number of allylic oxidation sites excluding steroid dienone is 3. The Hall–Kier alpha value is -2.24. The maximum atomic E-state index is 12.9. The Labute approximate surface area is 204 Å². The van der Waals surface area contributed by atoms with E-state index in [1.165, 1.54) is 16.6 Å². The molecule has 1 fully saturated rings. The van der Waals surface area contributed by atoms with Crippen molar-refractivity contribution >= 4 is 15.9 Å². The van der Waals surface area contributed by atoms with Gasteiger partial charge in [-0.05, 0) is 30.4 Å². The summed E-state index contributed by atoms with van der Waals surface area (Å²) in [5.74, 6) is 0.0790. The lowest BCUT2D eigenvalue weighted by atomic mass is 9.96. The minimum Gasteiger partial charge on any atom is -0.352 e. The highest BCUT2D eigenvalue weighted by Crippen LogP contribution is 2.39. The van der Waals surface area contributed by atoms with Gasteiger partial charge < -0.3 is 5.32 Å². The number of fused-ring (bicyclic) bond motifs is 1. The topological polar surface area (TPSA) is 82.6 Å². The van der Waals surface area contributed by atoms with E-state index < -0.39 is 21.8 Å². The van der Waals surface area contributed by atoms with Crippen molar-refractivity contribution in [2.24, 2.45) is 11.8 Å². The first kappa shape index (κ1) is 25.8. The summed E-state index contributed by atoms with van der Waals surface area (Å²) in [5.41, 5.74) is 2.77. The molecule has 0 aromatic carbocycles. The first-order chi connectivity index (χ1) is 16.3. The molecule has 7 nitrogen and oxygen atoms in total. The Balaban J connectivity index is 1.40. The van der Waals surface area contributed by atoms with Gasteiger partial charge in [-0.2, -0.15) is 13.2 Å². The maximum Gasteiger partial charge on any atom is 0.412 e. The molecule has 0 saturated carbocycles. The van der Waals surface area contributed by atoms with Gasteiger partial charge in [-0.25, -0.2) is 12.7 Å². The molecule has 1 aromatic heterocycles. The summed E-state index contributed by atoms with van der Waals surface area (Å²) in [7, 11) is -3.19. The zero-order valence-electron chi connectivity index (χ0n) is 20.1. The van der Waals surface area contributed by atoms with Gasteiger partial charge in [0.05, 0.1) is 23.6 Å². The first-order valence-electron chi connectivity index (χ1n) is 11.7. The number of nitrogens with zero attached hydrogens (tertiary/aromatic N) is 3. The Morgan fingerprint density at radius 1 is 1.23 bits per heavy atom. The van der Waals surface area contributed by atoms with Crippen molar-refractivity contribution in [1.82, 2.24) is 19.5 Å². The van der Waals surface area contributed by atoms with Gasteiger partial charge in [-0.1, -0.05) is 31.6 Å². The van der Waals surface area contributed by atoms with Gasteiger partial charge in [0, 0.05) is 50.4 Å². The van der Waals surface area contributed by atoms with Crippen LogP contribution in [-0.2, 0) is 16.6 Å². The van der Waals surface area contributed by atoms with Gasteiger partial charge in [0.25, 0.3) is 5.91 Å². The Kier molecular flexibility index (Phi) is 7.14. The summed E-state index contributed by atoms with van der Waals surface area (Å²) < 4.78 is 63.1. The number of carbonyl (C=O) groups excluding carboxylic acids is 1. The van der Waals surface area contributed by atoms with Crippen LogP contribution in [0.25, 0.3) is 0 Å². The van der Waals surface area contributed by atoms with Crippen LogP contribution in [-0.4, -0.2) is 67.1 Å². The fourth-order valence-corrected chi connectivity index (χ4v) is 5.95. The van der Waals surface area contributed by atoms with Crippen LogP contribution in [0.15, 0.2) is 35.6 Å². The van der Waals surface area contributed by atoms with Crippen molar-refractivity contribution in [2.75, 3.05) is 32.4 Å². The molecule has 0 radical (unpaired) electrons. The van der Waals surface area contributed by atoms with Crippen LogP contribution in [0.3, 0.4) is 0 Å². The van der Waals surface area contributed by atoms with Crippen LogP contribution in [0.5, 0.6) is 0 Å². The molecule has 35 heavy (non-hydrogen) atoms. The number of rotatable bonds is 7. The van der Waals surface area contributed by atoms with Crippen molar-refractivity contribution in [3.05, 3.63) is 52.4 Å². The number of alkyl halides is 3. The van der Waals surface area contributed by atoms with Crippen LogP contribution in [0.4, 0.5) is 13.2 Å². The van der Waals surface area contributed by atoms with Gasteiger partial charge in [0.15, 0.2) is 0 Å². The van der Waals surface area contributed by atoms with Gasteiger partial charge in [0.1, 0.15) is 0 Å². The number of halogens is 3. The molecular weight excluding hydrogens is 481 g/mol. The summed E-state index contributed by atoms with van der Waals surface area (Å²) in [6, 6.07) is 1.86. The molecule has 4 rings (SSSR count). The van der Waals surface area contributed by atoms with E-state index in [-0.39, 0.29) is 30.2 Å². The number of hydrogen-bond acceptors (Lipinski definition) is 5. The Morgan fingerprint density at radius 2 is 1.94 bits per heavy atom. The summed E-state index contributed by atoms with van der Waals surface area (Å²) in [4.78, 5) is 19.5. The van der Waals surface area contributed by atoms with Crippen LogP contribution in [0.2, 0.25) is 0 Å². The summed E-state index contributed by atoms with van der Waals surface area (Å²) in [6.45, 7) is 6.51. The average molecular weight is 513 g/mol. The minimum atomic E-state index is -4.28. The van der Waals surface area contributed by atoms with E-state index >= 15 is 0 Å². The van der Waals surface area contributed by atoms with E-state index in [0.29, 0.717) is 44.7 Å². The predicted molar refractivity (Wildman–Crippen MR) is 126 cm³/mol. The van der Waals surface area contributed by atoms with Crippen LogP contribution in [0.1, 0.15) is 54.3 Å². The molecule has 1 atom stereocenters. The molecule has 0 spiro atoms. The van der Waals surface area contributed by atoms with Crippen molar-refractivity contribution in [3.63, 3.8) is 0 Å². The number of hydrogen-bond donors (Lipinski definition) is 1. The highest BCUT2D eigenvalue weighted by Gasteiger charge is 2.37. The fraction of sp³-hybridized carbons (Fsp3) is 0.583. The van der Waals surface area contributed by atoms with E-state index in [1.807, 2.05) is 6.07 Å². The maximum absolute atomic E-state index is 12.9. The molecule has 11 heteroatoms. The van der Waals surface area contributed by atoms with E-state index in [2.05, 4.69) is 29.0 Å². The largest absolute Gasteiger partial charge is 0.412 e. The number of pyridine rings is 1. The molecule has 1 aliphatic carbocycles. The fourth-order valence-electron chi connectivity index (χ4n) is 4.99. The normalized spacial score (nSPS) is 22.0. The average Bonchev–Trinajstić information content (AvgIpc) is 3.08. The van der Waals surface area contributed by atoms with Crippen molar-refractivity contribution < 1.29 is 26.4 Å². The van der Waals surface area contributed by atoms with Gasteiger partial charge in [-0.15, -0.1) is 0 Å². The van der Waals surface area contributed by atoms with Crippen molar-refractivity contribution in [2.45, 2.75) is 45.5 Å². The molecule has 3 heterocycles. The molecule has 2 aliphatic heterocycles. The molecule has 0 bridgehead atoms. The molecule has 0 unspecified atom stereocenters. The van der Waals surface area contributed by atoms with Crippen molar-refractivity contribution in [3.8, 4) is 0 Å². The number of nitrogens with one attached hydrogen (secondary N) is 1. The lowest BCUT2D eigenvalue weighted by molar-refractivity contribution is -0.0941. The quantitative estimate of drug-likeness (QED) is 0.606. The highest BCUT2D eigenvalue weighted by atomic mass is 32.2. The zero-order chi connectivity index (χ0) is 25.5. The third kappa shape index (κ3) is 5.78. The minimum absolute atomic E-state index is 0.00598. The van der Waals surface area contributed by atoms with E-state index in [0.717, 1.165) is 16.8 Å². The van der Waals surface area contributed by atoms with E-state index in [4.69, 9.17) is 0 Å². The first-order valence-corrected chi connectivity index (χ1v) is 13.6. The number of aromatic nitrogens is 1. The lowest BCUT2D eigenvalue weighted by Crippen LogP contribution is -2.53. The summed E-state index contributed by atoms with van der Waals surface area (Å²) in [6.07, 6.45) is 1.60. The van der Waals surface area contributed by atoms with E-state index in [1.54, 1.807) is 12.3 Å². The second kappa shape index (κ2) is 9.67. The van der Waals surface area contributed by atoms with Crippen LogP contribution < -0.4 is 5.32 Å². The smallest absolute Gasteiger partial charge is 0.352 e. The molecule has 1 saturated heterocycles. The molecule has 192 valence electrons. The number of amides is 1. The van der Waals surface area contributed by atoms with Crippen LogP contribution in [0, 0.1) is 11.8 Å². The van der Waals surface area contributed by atoms with Gasteiger partial charge >= 0.3 is 6.18 Å². The lowest BCUT2D eigenvalue weighted by Gasteiger charge is -2.37. The molecule has 3 aliphatic rings. The second-order valence-electron chi connectivity index (χ2n) is 10.0. The molecular formula is C24H31F3N4O3S. The molecule has 1 amide bonds.